The Morgan fingerprint density at radius 1 is 0.963 bits per heavy atom. The minimum Gasteiger partial charge on any atom is -0.493 e. The van der Waals surface area contributed by atoms with Gasteiger partial charge in [0.1, 0.15) is 0 Å². The normalized spacial score (nSPS) is 11.8. The van der Waals surface area contributed by atoms with Crippen LogP contribution in [0.1, 0.15) is 11.1 Å². The van der Waals surface area contributed by atoms with Crippen LogP contribution in [0.4, 0.5) is 0 Å². The summed E-state index contributed by atoms with van der Waals surface area (Å²) in [6, 6.07) is 12.0. The van der Waals surface area contributed by atoms with Gasteiger partial charge in [-0.25, -0.2) is 13.6 Å². The van der Waals surface area contributed by atoms with E-state index < -0.39 is 10.0 Å². The van der Waals surface area contributed by atoms with Gasteiger partial charge in [-0.3, -0.25) is 4.99 Å². The van der Waals surface area contributed by atoms with Crippen LogP contribution in [0.2, 0.25) is 0 Å². The first-order valence-corrected chi connectivity index (χ1v) is 9.69. The number of benzene rings is 2. The third-order valence-electron chi connectivity index (χ3n) is 3.84. The summed E-state index contributed by atoms with van der Waals surface area (Å²) in [5.74, 6) is 1.95. The van der Waals surface area contributed by atoms with Gasteiger partial charge >= 0.3 is 0 Å². The number of hydrogen-bond acceptors (Lipinski definition) is 5. The lowest BCUT2D eigenvalue weighted by atomic mass is 10.2. The SMILES string of the molecule is CN=C(NCc1ccc(S(N)(=O)=O)cc1)NCc1ccc(OC)c(OC)c1. The number of nitrogens with zero attached hydrogens (tertiary/aromatic N) is 1. The van der Waals surface area contributed by atoms with E-state index in [2.05, 4.69) is 15.6 Å². The zero-order valence-corrected chi connectivity index (χ0v) is 16.3. The van der Waals surface area contributed by atoms with Gasteiger partial charge in [0.2, 0.25) is 10.0 Å². The second-order valence-electron chi connectivity index (χ2n) is 5.66. The maximum Gasteiger partial charge on any atom is 0.238 e. The molecule has 2 aromatic carbocycles. The maximum atomic E-state index is 11.3. The molecule has 8 nitrogen and oxygen atoms in total. The van der Waals surface area contributed by atoms with Crippen LogP contribution >= 0.6 is 0 Å². The second-order valence-corrected chi connectivity index (χ2v) is 7.22. The fourth-order valence-corrected chi connectivity index (χ4v) is 2.90. The van der Waals surface area contributed by atoms with Crippen LogP contribution in [0.5, 0.6) is 11.5 Å². The molecule has 0 aliphatic heterocycles. The van der Waals surface area contributed by atoms with E-state index in [-0.39, 0.29) is 4.90 Å². The smallest absolute Gasteiger partial charge is 0.238 e. The molecule has 0 aliphatic carbocycles. The van der Waals surface area contributed by atoms with Gasteiger partial charge in [-0.15, -0.1) is 0 Å². The highest BCUT2D eigenvalue weighted by Crippen LogP contribution is 2.27. The van der Waals surface area contributed by atoms with Crippen molar-refractivity contribution in [2.45, 2.75) is 18.0 Å². The van der Waals surface area contributed by atoms with Crippen LogP contribution in [-0.4, -0.2) is 35.6 Å². The Hall–Kier alpha value is -2.78. The van der Waals surface area contributed by atoms with Gasteiger partial charge in [-0.2, -0.15) is 0 Å². The number of aliphatic imine (C=N–C) groups is 1. The van der Waals surface area contributed by atoms with Crippen molar-refractivity contribution in [1.29, 1.82) is 0 Å². The molecule has 0 heterocycles. The Balaban J connectivity index is 1.93. The van der Waals surface area contributed by atoms with Crippen molar-refractivity contribution in [3.63, 3.8) is 0 Å². The zero-order valence-electron chi connectivity index (χ0n) is 15.5. The Morgan fingerprint density at radius 3 is 2.04 bits per heavy atom. The number of nitrogens with two attached hydrogens (primary N) is 1. The number of rotatable bonds is 7. The van der Waals surface area contributed by atoms with E-state index in [0.29, 0.717) is 30.5 Å². The molecule has 0 atom stereocenters. The monoisotopic (exact) mass is 392 g/mol. The summed E-state index contributed by atoms with van der Waals surface area (Å²) in [6.07, 6.45) is 0. The van der Waals surface area contributed by atoms with E-state index in [1.807, 2.05) is 18.2 Å². The van der Waals surface area contributed by atoms with E-state index in [1.54, 1.807) is 33.4 Å². The Morgan fingerprint density at radius 2 is 1.52 bits per heavy atom. The minimum atomic E-state index is -3.68. The average molecular weight is 392 g/mol. The van der Waals surface area contributed by atoms with E-state index in [1.165, 1.54) is 12.1 Å². The van der Waals surface area contributed by atoms with Crippen LogP contribution in [0, 0.1) is 0 Å². The predicted molar refractivity (Wildman–Crippen MR) is 104 cm³/mol. The molecule has 0 aliphatic rings. The predicted octanol–water partition coefficient (Wildman–Crippen LogP) is 1.22. The minimum absolute atomic E-state index is 0.0854. The molecule has 2 aromatic rings. The molecule has 0 spiro atoms. The first-order chi connectivity index (χ1) is 12.9. The van der Waals surface area contributed by atoms with E-state index in [0.717, 1.165) is 11.1 Å². The molecule has 0 radical (unpaired) electrons. The maximum absolute atomic E-state index is 11.3. The van der Waals surface area contributed by atoms with Gasteiger partial charge in [0.25, 0.3) is 0 Å². The van der Waals surface area contributed by atoms with Crippen molar-refractivity contribution < 1.29 is 17.9 Å². The molecular formula is C18H24N4O4S. The average Bonchev–Trinajstić information content (AvgIpc) is 2.67. The zero-order chi connectivity index (χ0) is 19.9. The summed E-state index contributed by atoms with van der Waals surface area (Å²) in [4.78, 5) is 4.26. The van der Waals surface area contributed by atoms with Crippen LogP contribution in [-0.2, 0) is 23.1 Å². The van der Waals surface area contributed by atoms with Gasteiger partial charge in [0.05, 0.1) is 19.1 Å². The number of methoxy groups -OCH3 is 2. The van der Waals surface area contributed by atoms with E-state index in [4.69, 9.17) is 14.6 Å². The van der Waals surface area contributed by atoms with Crippen molar-refractivity contribution in [2.24, 2.45) is 10.1 Å². The number of hydrogen-bond donors (Lipinski definition) is 3. The number of primary sulfonamides is 1. The summed E-state index contributed by atoms with van der Waals surface area (Å²) >= 11 is 0. The molecule has 0 saturated heterocycles. The Kier molecular flexibility index (Phi) is 7.03. The number of guanidine groups is 1. The molecule has 9 heteroatoms. The van der Waals surface area contributed by atoms with Gasteiger partial charge < -0.3 is 20.1 Å². The lowest BCUT2D eigenvalue weighted by molar-refractivity contribution is 0.354. The summed E-state index contributed by atoms with van der Waals surface area (Å²) < 4.78 is 33.1. The first-order valence-electron chi connectivity index (χ1n) is 8.14. The van der Waals surface area contributed by atoms with E-state index >= 15 is 0 Å². The summed E-state index contributed by atoms with van der Waals surface area (Å²) in [6.45, 7) is 1.03. The van der Waals surface area contributed by atoms with Gasteiger partial charge in [-0.05, 0) is 35.4 Å². The largest absolute Gasteiger partial charge is 0.493 e. The molecule has 0 unspecified atom stereocenters. The van der Waals surface area contributed by atoms with Gasteiger partial charge in [0, 0.05) is 20.1 Å². The van der Waals surface area contributed by atoms with Crippen molar-refractivity contribution in [3.8, 4) is 11.5 Å². The summed E-state index contributed by atoms with van der Waals surface area (Å²) in [7, 11) is 1.18. The fraction of sp³-hybridized carbons (Fsp3) is 0.278. The van der Waals surface area contributed by atoms with Crippen LogP contribution in [0.15, 0.2) is 52.4 Å². The number of sulfonamides is 1. The molecule has 0 aromatic heterocycles. The van der Waals surface area contributed by atoms with Crippen LogP contribution in [0.25, 0.3) is 0 Å². The molecule has 0 bridgehead atoms. The summed E-state index contributed by atoms with van der Waals surface area (Å²) in [5.41, 5.74) is 1.91. The molecule has 2 rings (SSSR count). The molecule has 0 fully saturated rings. The summed E-state index contributed by atoms with van der Waals surface area (Å²) in [5, 5.41) is 11.5. The highest BCUT2D eigenvalue weighted by Gasteiger charge is 2.08. The molecule has 4 N–H and O–H groups in total. The third kappa shape index (κ3) is 5.87. The molecular weight excluding hydrogens is 368 g/mol. The molecule has 146 valence electrons. The van der Waals surface area contributed by atoms with Crippen molar-refractivity contribution in [2.75, 3.05) is 21.3 Å². The van der Waals surface area contributed by atoms with Gasteiger partial charge in [0.15, 0.2) is 17.5 Å². The highest BCUT2D eigenvalue weighted by atomic mass is 32.2. The Labute approximate surface area is 159 Å². The second kappa shape index (κ2) is 9.24. The first kappa shape index (κ1) is 20.5. The lowest BCUT2D eigenvalue weighted by Crippen LogP contribution is -2.36. The Bertz CT molecular complexity index is 896. The molecule has 27 heavy (non-hydrogen) atoms. The highest BCUT2D eigenvalue weighted by molar-refractivity contribution is 7.89. The van der Waals surface area contributed by atoms with Crippen LogP contribution < -0.4 is 25.2 Å². The molecule has 0 amide bonds. The topological polar surface area (TPSA) is 115 Å². The number of nitrogens with one attached hydrogen (secondary N) is 2. The molecule has 0 saturated carbocycles. The van der Waals surface area contributed by atoms with E-state index in [9.17, 15) is 8.42 Å². The van der Waals surface area contributed by atoms with Crippen LogP contribution in [0.3, 0.4) is 0 Å². The standard InChI is InChI=1S/C18H24N4O4S/c1-20-18(21-11-13-4-7-15(8-5-13)27(19,23)24)22-12-14-6-9-16(25-2)17(10-14)26-3/h4-10H,11-12H2,1-3H3,(H2,19,23,24)(H2,20,21,22). The van der Waals surface area contributed by atoms with Crippen molar-refractivity contribution in [3.05, 3.63) is 53.6 Å². The van der Waals surface area contributed by atoms with Gasteiger partial charge in [-0.1, -0.05) is 18.2 Å². The van der Waals surface area contributed by atoms with Crippen molar-refractivity contribution in [1.82, 2.24) is 10.6 Å². The lowest BCUT2D eigenvalue weighted by Gasteiger charge is -2.13. The fourth-order valence-electron chi connectivity index (χ4n) is 2.38. The third-order valence-corrected chi connectivity index (χ3v) is 4.77. The quantitative estimate of drug-likeness (QED) is 0.482. The number of ether oxygens (including phenoxy) is 2. The van der Waals surface area contributed by atoms with Crippen molar-refractivity contribution >= 4 is 16.0 Å².